The molecule has 3 nitrogen and oxygen atoms in total. The van der Waals surface area contributed by atoms with Crippen molar-refractivity contribution < 1.29 is 13.2 Å². The average molecular weight is 279 g/mol. The van der Waals surface area contributed by atoms with Crippen LogP contribution in [0.3, 0.4) is 0 Å². The van der Waals surface area contributed by atoms with Gasteiger partial charge in [-0.15, -0.1) is 11.3 Å². The number of rotatable bonds is 2. The zero-order chi connectivity index (χ0) is 13.6. The van der Waals surface area contributed by atoms with E-state index in [1.165, 1.54) is 11.3 Å². The van der Waals surface area contributed by atoms with Crippen LogP contribution >= 0.6 is 11.3 Å². The largest absolute Gasteiger partial charge is 0.393 e. The van der Waals surface area contributed by atoms with Crippen molar-refractivity contribution in [1.29, 1.82) is 0 Å². The molecule has 0 bridgehead atoms. The van der Waals surface area contributed by atoms with Gasteiger partial charge in [-0.1, -0.05) is 0 Å². The van der Waals surface area contributed by atoms with Crippen LogP contribution in [-0.2, 0) is 6.54 Å². The first-order chi connectivity index (χ1) is 8.21. The van der Waals surface area contributed by atoms with E-state index >= 15 is 0 Å². The smallest absolute Gasteiger partial charge is 0.375 e. The van der Waals surface area contributed by atoms with Gasteiger partial charge in [-0.2, -0.15) is 13.2 Å². The number of hydrogen-bond acceptors (Lipinski definition) is 4. The molecule has 2 heterocycles. The Kier molecular flexibility index (Phi) is 3.31. The first-order valence-corrected chi connectivity index (χ1v) is 6.55. The van der Waals surface area contributed by atoms with Gasteiger partial charge in [0.05, 0.1) is 5.92 Å². The van der Waals surface area contributed by atoms with Gasteiger partial charge >= 0.3 is 6.18 Å². The first-order valence-electron chi connectivity index (χ1n) is 5.73. The van der Waals surface area contributed by atoms with Crippen LogP contribution in [0, 0.1) is 5.92 Å². The molecule has 1 fully saturated rings. The molecule has 0 spiro atoms. The monoisotopic (exact) mass is 279 g/mol. The maximum atomic E-state index is 12.9. The minimum atomic E-state index is -4.13. The number of hydrogen-bond donors (Lipinski definition) is 1. The third-order valence-electron chi connectivity index (χ3n) is 3.67. The Balaban J connectivity index is 2.12. The van der Waals surface area contributed by atoms with E-state index in [1.54, 1.807) is 20.0 Å². The second kappa shape index (κ2) is 4.38. The number of nitrogens with two attached hydrogens (primary N) is 1. The van der Waals surface area contributed by atoms with E-state index in [1.807, 2.05) is 4.90 Å². The Morgan fingerprint density at radius 2 is 2.22 bits per heavy atom. The first kappa shape index (κ1) is 13.6. The van der Waals surface area contributed by atoms with E-state index in [2.05, 4.69) is 4.98 Å². The van der Waals surface area contributed by atoms with Gasteiger partial charge in [-0.3, -0.25) is 4.90 Å². The Hall–Kier alpha value is -0.820. The van der Waals surface area contributed by atoms with Gasteiger partial charge in [0.2, 0.25) is 0 Å². The maximum absolute atomic E-state index is 12.9. The fourth-order valence-corrected chi connectivity index (χ4v) is 3.28. The average Bonchev–Trinajstić information content (AvgIpc) is 2.71. The SMILES string of the molecule is CC1(C)C(C(F)(F)F)CCN1Cc1cnc(N)s1. The molecule has 1 unspecified atom stereocenters. The summed E-state index contributed by atoms with van der Waals surface area (Å²) in [5, 5.41) is 0.453. The molecule has 0 amide bonds. The van der Waals surface area contributed by atoms with E-state index in [4.69, 9.17) is 5.73 Å². The summed E-state index contributed by atoms with van der Waals surface area (Å²) < 4.78 is 38.7. The lowest BCUT2D eigenvalue weighted by Crippen LogP contribution is -2.46. The highest BCUT2D eigenvalue weighted by Crippen LogP contribution is 2.45. The molecule has 1 atom stereocenters. The highest BCUT2D eigenvalue weighted by Gasteiger charge is 2.54. The predicted octanol–water partition coefficient (Wildman–Crippen LogP) is 2.89. The third-order valence-corrected chi connectivity index (χ3v) is 4.48. The van der Waals surface area contributed by atoms with Crippen molar-refractivity contribution in [3.63, 3.8) is 0 Å². The molecular weight excluding hydrogens is 263 g/mol. The van der Waals surface area contributed by atoms with Crippen molar-refractivity contribution in [3.05, 3.63) is 11.1 Å². The Labute approximate surface area is 108 Å². The molecule has 7 heteroatoms. The van der Waals surface area contributed by atoms with E-state index < -0.39 is 17.6 Å². The minimum absolute atomic E-state index is 0.158. The fourth-order valence-electron chi connectivity index (χ4n) is 2.58. The normalized spacial score (nSPS) is 24.6. The zero-order valence-electron chi connectivity index (χ0n) is 10.3. The second-order valence-corrected chi connectivity index (χ2v) is 6.27. The molecule has 2 N–H and O–H groups in total. The summed E-state index contributed by atoms with van der Waals surface area (Å²) in [4.78, 5) is 6.69. The van der Waals surface area contributed by atoms with Gasteiger partial charge < -0.3 is 5.73 Å². The van der Waals surface area contributed by atoms with Crippen molar-refractivity contribution in [3.8, 4) is 0 Å². The molecule has 1 aliphatic heterocycles. The molecule has 2 rings (SSSR count). The van der Waals surface area contributed by atoms with Crippen LogP contribution in [0.1, 0.15) is 25.1 Å². The molecule has 1 aromatic heterocycles. The summed E-state index contributed by atoms with van der Waals surface area (Å²) in [6.45, 7) is 4.24. The second-order valence-electron chi connectivity index (χ2n) is 5.12. The lowest BCUT2D eigenvalue weighted by Gasteiger charge is -2.36. The van der Waals surface area contributed by atoms with Crippen LogP contribution in [0.25, 0.3) is 0 Å². The van der Waals surface area contributed by atoms with Crippen molar-refractivity contribution in [1.82, 2.24) is 9.88 Å². The van der Waals surface area contributed by atoms with Crippen molar-refractivity contribution in [2.45, 2.75) is 38.5 Å². The molecule has 0 radical (unpaired) electrons. The van der Waals surface area contributed by atoms with Gasteiger partial charge in [0.25, 0.3) is 0 Å². The van der Waals surface area contributed by atoms with E-state index in [0.29, 0.717) is 18.2 Å². The molecule has 0 aromatic carbocycles. The van der Waals surface area contributed by atoms with Crippen LogP contribution < -0.4 is 5.73 Å². The Morgan fingerprint density at radius 3 is 2.67 bits per heavy atom. The summed E-state index contributed by atoms with van der Waals surface area (Å²) in [7, 11) is 0. The highest BCUT2D eigenvalue weighted by molar-refractivity contribution is 7.15. The van der Waals surface area contributed by atoms with Crippen LogP contribution in [0.15, 0.2) is 6.20 Å². The van der Waals surface area contributed by atoms with Gasteiger partial charge in [0, 0.05) is 23.2 Å². The van der Waals surface area contributed by atoms with Crippen molar-refractivity contribution in [2.75, 3.05) is 12.3 Å². The quantitative estimate of drug-likeness (QED) is 0.905. The number of thiazole rings is 1. The number of likely N-dealkylation sites (tertiary alicyclic amines) is 1. The summed E-state index contributed by atoms with van der Waals surface area (Å²) >= 11 is 1.33. The van der Waals surface area contributed by atoms with Crippen LogP contribution in [0.4, 0.5) is 18.3 Å². The van der Waals surface area contributed by atoms with Gasteiger partial charge in [-0.05, 0) is 26.8 Å². The minimum Gasteiger partial charge on any atom is -0.375 e. The zero-order valence-corrected chi connectivity index (χ0v) is 11.1. The predicted molar refractivity (Wildman–Crippen MR) is 65.2 cm³/mol. The lowest BCUT2D eigenvalue weighted by molar-refractivity contribution is -0.191. The summed E-state index contributed by atoms with van der Waals surface area (Å²) in [6.07, 6.45) is -2.34. The van der Waals surface area contributed by atoms with E-state index in [0.717, 1.165) is 4.88 Å². The molecular formula is C11H16F3N3S. The summed E-state index contributed by atoms with van der Waals surface area (Å²) in [5.74, 6) is -1.27. The topological polar surface area (TPSA) is 42.2 Å². The Morgan fingerprint density at radius 1 is 1.56 bits per heavy atom. The van der Waals surface area contributed by atoms with Gasteiger partial charge in [0.15, 0.2) is 5.13 Å². The summed E-state index contributed by atoms with van der Waals surface area (Å²) in [5.41, 5.74) is 4.65. The number of alkyl halides is 3. The van der Waals surface area contributed by atoms with E-state index in [9.17, 15) is 13.2 Å². The molecule has 1 aliphatic rings. The molecule has 0 aliphatic carbocycles. The Bertz CT molecular complexity index is 427. The standard InChI is InChI=1S/C11H16F3N3S/c1-10(2)8(11(12,13)14)3-4-17(10)6-7-5-16-9(15)18-7/h5,8H,3-4,6H2,1-2H3,(H2,15,16). The number of anilines is 1. The van der Waals surface area contributed by atoms with Crippen LogP contribution in [0.5, 0.6) is 0 Å². The van der Waals surface area contributed by atoms with Crippen molar-refractivity contribution >= 4 is 16.5 Å². The molecule has 1 saturated heterocycles. The van der Waals surface area contributed by atoms with Gasteiger partial charge in [-0.25, -0.2) is 4.98 Å². The van der Waals surface area contributed by atoms with Crippen LogP contribution in [0.2, 0.25) is 0 Å². The highest BCUT2D eigenvalue weighted by atomic mass is 32.1. The van der Waals surface area contributed by atoms with Gasteiger partial charge in [0.1, 0.15) is 0 Å². The number of aromatic nitrogens is 1. The maximum Gasteiger partial charge on any atom is 0.393 e. The number of nitrogen functional groups attached to an aromatic ring is 1. The van der Waals surface area contributed by atoms with E-state index in [-0.39, 0.29) is 6.42 Å². The molecule has 1 aromatic rings. The fraction of sp³-hybridized carbons (Fsp3) is 0.727. The molecule has 0 saturated carbocycles. The molecule has 18 heavy (non-hydrogen) atoms. The molecule has 102 valence electrons. The number of halogens is 3. The summed E-state index contributed by atoms with van der Waals surface area (Å²) in [6, 6.07) is 0. The third kappa shape index (κ3) is 2.47. The number of nitrogens with zero attached hydrogens (tertiary/aromatic N) is 2. The lowest BCUT2D eigenvalue weighted by atomic mass is 9.88. The van der Waals surface area contributed by atoms with Crippen LogP contribution in [-0.4, -0.2) is 28.1 Å². The van der Waals surface area contributed by atoms with Crippen molar-refractivity contribution in [2.24, 2.45) is 5.92 Å².